The molecule has 4 rings (SSSR count). The summed E-state index contributed by atoms with van der Waals surface area (Å²) in [6.45, 7) is 12.9. The van der Waals surface area contributed by atoms with Crippen LogP contribution in [0.25, 0.3) is 0 Å². The lowest BCUT2D eigenvalue weighted by Crippen LogP contribution is -2.54. The molecule has 2 aromatic carbocycles. The van der Waals surface area contributed by atoms with Gasteiger partial charge >= 0.3 is 0 Å². The molecular weight excluding hydrogens is 478 g/mol. The zero-order valence-electron chi connectivity index (χ0n) is 23.3. The van der Waals surface area contributed by atoms with Crippen molar-refractivity contribution in [1.82, 2.24) is 15.1 Å². The second-order valence-corrected chi connectivity index (χ2v) is 10.5. The van der Waals surface area contributed by atoms with Crippen LogP contribution in [0.3, 0.4) is 0 Å². The number of ether oxygens (including phenoxy) is 2. The number of amides is 1. The molecule has 0 bridgehead atoms. The maximum Gasteiger partial charge on any atom is 0.231 e. The van der Waals surface area contributed by atoms with E-state index in [0.717, 1.165) is 65.7 Å². The fraction of sp³-hybridized carbons (Fsp3) is 0.467. The molecule has 38 heavy (non-hydrogen) atoms. The number of allylic oxidation sites excluding steroid dienone is 1. The van der Waals surface area contributed by atoms with Gasteiger partial charge in [0.05, 0.1) is 13.2 Å². The van der Waals surface area contributed by atoms with Crippen molar-refractivity contribution < 1.29 is 14.3 Å². The third-order valence-electron chi connectivity index (χ3n) is 7.32. The Hall–Kier alpha value is -3.20. The van der Waals surface area contributed by atoms with E-state index in [1.807, 2.05) is 12.1 Å². The van der Waals surface area contributed by atoms with Gasteiger partial charge in [-0.25, -0.2) is 4.99 Å². The predicted molar refractivity (Wildman–Crippen MR) is 151 cm³/mol. The standard InChI is InChI=1S/C30H41N5O3/c1-20(2)23-11-10-21(3)27(16-23)38-19-26-22(4)32-29(25-9-7-6-8-24(25)18-37-5)33-30(26)35-14-12-34(13-15-35)17-28(31)36/h6-11,16,20,30H,12-15,17-19H2,1-5H3,(H2,31,36)(H,32,33). The minimum Gasteiger partial charge on any atom is -0.489 e. The molecule has 2 heterocycles. The van der Waals surface area contributed by atoms with E-state index in [0.29, 0.717) is 19.1 Å². The molecule has 1 fully saturated rings. The van der Waals surface area contributed by atoms with Gasteiger partial charge in [-0.1, -0.05) is 50.2 Å². The van der Waals surface area contributed by atoms with E-state index in [2.05, 4.69) is 73.1 Å². The van der Waals surface area contributed by atoms with E-state index in [4.69, 9.17) is 20.2 Å². The normalized spacial score (nSPS) is 18.9. The molecule has 0 saturated carbocycles. The molecule has 0 aliphatic carbocycles. The zero-order chi connectivity index (χ0) is 27.2. The van der Waals surface area contributed by atoms with Crippen molar-refractivity contribution >= 4 is 11.7 Å². The maximum atomic E-state index is 11.4. The number of nitrogens with one attached hydrogen (secondary N) is 1. The number of nitrogens with zero attached hydrogens (tertiary/aromatic N) is 3. The van der Waals surface area contributed by atoms with Gasteiger partial charge in [0.1, 0.15) is 24.4 Å². The lowest BCUT2D eigenvalue weighted by atomic mass is 10.0. The van der Waals surface area contributed by atoms with Gasteiger partial charge in [0.25, 0.3) is 0 Å². The number of aryl methyl sites for hydroxylation is 1. The average Bonchev–Trinajstić information content (AvgIpc) is 2.89. The Morgan fingerprint density at radius 1 is 1.11 bits per heavy atom. The van der Waals surface area contributed by atoms with Crippen molar-refractivity contribution in [3.8, 4) is 5.75 Å². The van der Waals surface area contributed by atoms with Crippen LogP contribution in [-0.2, 0) is 16.1 Å². The van der Waals surface area contributed by atoms with E-state index in [1.165, 1.54) is 5.56 Å². The molecule has 1 amide bonds. The SMILES string of the molecule is COCc1ccccc1C1=NC(N2CCN(CC(N)=O)CC2)C(COc2cc(C(C)C)ccc2C)=C(C)N1. The number of carbonyl (C=O) groups excluding carboxylic acids is 1. The van der Waals surface area contributed by atoms with Crippen molar-refractivity contribution in [2.45, 2.75) is 46.4 Å². The largest absolute Gasteiger partial charge is 0.489 e. The van der Waals surface area contributed by atoms with E-state index in [9.17, 15) is 4.79 Å². The smallest absolute Gasteiger partial charge is 0.231 e. The summed E-state index contributed by atoms with van der Waals surface area (Å²) in [6, 6.07) is 14.6. The van der Waals surface area contributed by atoms with Gasteiger partial charge in [-0.2, -0.15) is 0 Å². The van der Waals surface area contributed by atoms with Crippen molar-refractivity contribution in [1.29, 1.82) is 0 Å². The number of benzene rings is 2. The van der Waals surface area contributed by atoms with E-state index in [-0.39, 0.29) is 18.6 Å². The number of hydrogen-bond donors (Lipinski definition) is 2. The first-order valence-electron chi connectivity index (χ1n) is 13.4. The Morgan fingerprint density at radius 2 is 1.84 bits per heavy atom. The van der Waals surface area contributed by atoms with E-state index >= 15 is 0 Å². The summed E-state index contributed by atoms with van der Waals surface area (Å²) in [4.78, 5) is 21.2. The molecule has 2 aliphatic rings. The van der Waals surface area contributed by atoms with Crippen LogP contribution in [-0.4, -0.2) is 74.1 Å². The second kappa shape index (κ2) is 12.6. The number of methoxy groups -OCH3 is 1. The first kappa shape index (κ1) is 27.8. The van der Waals surface area contributed by atoms with Gasteiger partial charge in [0.2, 0.25) is 5.91 Å². The Labute approximate surface area is 226 Å². The molecule has 0 spiro atoms. The van der Waals surface area contributed by atoms with E-state index < -0.39 is 0 Å². The highest BCUT2D eigenvalue weighted by molar-refractivity contribution is 6.01. The van der Waals surface area contributed by atoms with Crippen LogP contribution in [0.1, 0.15) is 48.9 Å². The Bertz CT molecular complexity index is 1200. The second-order valence-electron chi connectivity index (χ2n) is 10.5. The van der Waals surface area contributed by atoms with Gasteiger partial charge in [0.15, 0.2) is 0 Å². The summed E-state index contributed by atoms with van der Waals surface area (Å²) in [6.07, 6.45) is -0.175. The van der Waals surface area contributed by atoms with Gasteiger partial charge < -0.3 is 20.5 Å². The van der Waals surface area contributed by atoms with Crippen molar-refractivity contribution in [3.05, 3.63) is 76.0 Å². The third-order valence-corrected chi connectivity index (χ3v) is 7.32. The summed E-state index contributed by atoms with van der Waals surface area (Å²) < 4.78 is 11.9. The molecule has 0 aromatic heterocycles. The van der Waals surface area contributed by atoms with Crippen molar-refractivity contribution in [2.24, 2.45) is 10.7 Å². The number of primary amides is 1. The molecule has 0 radical (unpaired) electrons. The minimum absolute atomic E-state index is 0.175. The molecule has 1 saturated heterocycles. The third kappa shape index (κ3) is 6.62. The van der Waals surface area contributed by atoms with Crippen LogP contribution >= 0.6 is 0 Å². The molecule has 2 aliphatic heterocycles. The highest BCUT2D eigenvalue weighted by Crippen LogP contribution is 2.28. The zero-order valence-corrected chi connectivity index (χ0v) is 23.3. The number of rotatable bonds is 10. The molecule has 204 valence electrons. The quantitative estimate of drug-likeness (QED) is 0.500. The van der Waals surface area contributed by atoms with E-state index in [1.54, 1.807) is 7.11 Å². The summed E-state index contributed by atoms with van der Waals surface area (Å²) in [5, 5.41) is 3.56. The fourth-order valence-electron chi connectivity index (χ4n) is 5.01. The van der Waals surface area contributed by atoms with Gasteiger partial charge in [-0.05, 0) is 42.5 Å². The topological polar surface area (TPSA) is 92.4 Å². The van der Waals surface area contributed by atoms with Gasteiger partial charge in [-0.3, -0.25) is 14.6 Å². The predicted octanol–water partition coefficient (Wildman–Crippen LogP) is 3.40. The molecular formula is C30H41N5O3. The number of piperazine rings is 1. The fourth-order valence-corrected chi connectivity index (χ4v) is 5.01. The lowest BCUT2D eigenvalue weighted by molar-refractivity contribution is -0.119. The Morgan fingerprint density at radius 3 is 2.53 bits per heavy atom. The summed E-state index contributed by atoms with van der Waals surface area (Å²) >= 11 is 0. The van der Waals surface area contributed by atoms with Crippen LogP contribution in [0.5, 0.6) is 5.75 Å². The number of amidine groups is 1. The number of carbonyl (C=O) groups is 1. The molecule has 8 nitrogen and oxygen atoms in total. The minimum atomic E-state index is -0.292. The Kier molecular flexibility index (Phi) is 9.20. The first-order valence-corrected chi connectivity index (χ1v) is 13.4. The van der Waals surface area contributed by atoms with Crippen LogP contribution in [0.15, 0.2) is 58.7 Å². The lowest BCUT2D eigenvalue weighted by Gasteiger charge is -2.40. The summed E-state index contributed by atoms with van der Waals surface area (Å²) in [5.41, 5.74) is 12.1. The van der Waals surface area contributed by atoms with Gasteiger partial charge in [0, 0.05) is 50.1 Å². The van der Waals surface area contributed by atoms with Crippen LogP contribution in [0, 0.1) is 6.92 Å². The van der Waals surface area contributed by atoms with Gasteiger partial charge in [-0.15, -0.1) is 0 Å². The molecule has 2 aromatic rings. The van der Waals surface area contributed by atoms with Crippen LogP contribution in [0.4, 0.5) is 0 Å². The average molecular weight is 520 g/mol. The molecule has 1 atom stereocenters. The summed E-state index contributed by atoms with van der Waals surface area (Å²) in [7, 11) is 1.71. The van der Waals surface area contributed by atoms with Crippen molar-refractivity contribution in [2.75, 3.05) is 46.4 Å². The van der Waals surface area contributed by atoms with Crippen LogP contribution < -0.4 is 15.8 Å². The Balaban J connectivity index is 1.62. The highest BCUT2D eigenvalue weighted by atomic mass is 16.5. The van der Waals surface area contributed by atoms with Crippen LogP contribution in [0.2, 0.25) is 0 Å². The highest BCUT2D eigenvalue weighted by Gasteiger charge is 2.32. The number of nitrogens with two attached hydrogens (primary N) is 1. The maximum absolute atomic E-state index is 11.4. The molecule has 3 N–H and O–H groups in total. The monoisotopic (exact) mass is 519 g/mol. The van der Waals surface area contributed by atoms with Crippen molar-refractivity contribution in [3.63, 3.8) is 0 Å². The molecule has 1 unspecified atom stereocenters. The first-order chi connectivity index (χ1) is 18.3. The number of hydrogen-bond acceptors (Lipinski definition) is 7. The molecule has 8 heteroatoms. The summed E-state index contributed by atoms with van der Waals surface area (Å²) in [5.74, 6) is 1.88. The number of aliphatic imine (C=N–C) groups is 1.